The molecule has 0 bridgehead atoms. The van der Waals surface area contributed by atoms with Crippen molar-refractivity contribution in [3.05, 3.63) is 52.5 Å². The number of likely N-dealkylation sites (tertiary alicyclic amines) is 1. The van der Waals surface area contributed by atoms with E-state index in [1.807, 2.05) is 18.3 Å². The van der Waals surface area contributed by atoms with Crippen molar-refractivity contribution in [2.45, 2.75) is 50.7 Å². The van der Waals surface area contributed by atoms with Crippen molar-refractivity contribution in [3.8, 4) is 0 Å². The van der Waals surface area contributed by atoms with Crippen molar-refractivity contribution in [2.75, 3.05) is 13.2 Å². The second-order valence-electron chi connectivity index (χ2n) is 6.71. The van der Waals surface area contributed by atoms with Crippen LogP contribution in [0, 0.1) is 0 Å². The monoisotopic (exact) mass is 344 g/mol. The second-order valence-corrected chi connectivity index (χ2v) is 7.49. The minimum Gasteiger partial charge on any atom is -0.374 e. The lowest BCUT2D eigenvalue weighted by Gasteiger charge is -2.36. The highest BCUT2D eigenvalue weighted by molar-refractivity contribution is 7.07. The molecule has 2 aliphatic rings. The number of fused-ring (bicyclic) bond motifs is 1. The van der Waals surface area contributed by atoms with E-state index in [9.17, 15) is 0 Å². The first-order valence-corrected chi connectivity index (χ1v) is 9.70. The Morgan fingerprint density at radius 3 is 3.08 bits per heavy atom. The smallest absolute Gasteiger partial charge is 0.0813 e. The summed E-state index contributed by atoms with van der Waals surface area (Å²) >= 11 is 1.78. The zero-order chi connectivity index (χ0) is 16.2. The van der Waals surface area contributed by atoms with E-state index in [1.54, 1.807) is 17.5 Å². The number of hydrogen-bond donors (Lipinski definition) is 0. The maximum Gasteiger partial charge on any atom is 0.0813 e. The van der Waals surface area contributed by atoms with E-state index in [1.165, 1.54) is 12.0 Å². The summed E-state index contributed by atoms with van der Waals surface area (Å²) in [5, 5.41) is 4.42. The normalized spacial score (nSPS) is 27.2. The molecule has 0 N–H and O–H groups in total. The lowest BCUT2D eigenvalue weighted by atomic mass is 9.99. The summed E-state index contributed by atoms with van der Waals surface area (Å²) in [5.74, 6) is 0. The fourth-order valence-electron chi connectivity index (χ4n) is 3.81. The van der Waals surface area contributed by atoms with E-state index in [-0.39, 0.29) is 6.10 Å². The Morgan fingerprint density at radius 1 is 1.25 bits per heavy atom. The average Bonchev–Trinajstić information content (AvgIpc) is 3.26. The highest BCUT2D eigenvalue weighted by Crippen LogP contribution is 2.32. The van der Waals surface area contributed by atoms with Crippen LogP contribution in [-0.4, -0.2) is 41.3 Å². The Morgan fingerprint density at radius 2 is 2.25 bits per heavy atom. The molecule has 0 unspecified atom stereocenters. The van der Waals surface area contributed by atoms with E-state index < -0.39 is 0 Å². The van der Waals surface area contributed by atoms with Crippen molar-refractivity contribution >= 4 is 11.3 Å². The van der Waals surface area contributed by atoms with E-state index in [2.05, 4.69) is 26.7 Å². The van der Waals surface area contributed by atoms with Crippen LogP contribution in [0.1, 0.15) is 30.4 Å². The molecule has 128 valence electrons. The summed E-state index contributed by atoms with van der Waals surface area (Å²) in [6.45, 7) is 3.51. The molecular formula is C19H24N2O2S. The molecule has 24 heavy (non-hydrogen) atoms. The Hall–Kier alpha value is -1.27. The van der Waals surface area contributed by atoms with Crippen LogP contribution in [0.25, 0.3) is 0 Å². The van der Waals surface area contributed by atoms with Gasteiger partial charge in [-0.3, -0.25) is 9.88 Å². The molecule has 2 saturated heterocycles. The largest absolute Gasteiger partial charge is 0.374 e. The molecule has 0 amide bonds. The Balaban J connectivity index is 1.23. The van der Waals surface area contributed by atoms with Crippen LogP contribution in [-0.2, 0) is 22.6 Å². The van der Waals surface area contributed by atoms with Gasteiger partial charge in [0, 0.05) is 31.5 Å². The van der Waals surface area contributed by atoms with Gasteiger partial charge in [-0.15, -0.1) is 0 Å². The topological polar surface area (TPSA) is 34.6 Å². The molecule has 0 aliphatic carbocycles. The predicted molar refractivity (Wildman–Crippen MR) is 94.9 cm³/mol. The van der Waals surface area contributed by atoms with Crippen LogP contribution in [0.3, 0.4) is 0 Å². The summed E-state index contributed by atoms with van der Waals surface area (Å²) in [6.07, 6.45) is 7.72. The minimum absolute atomic E-state index is 0.240. The van der Waals surface area contributed by atoms with Crippen molar-refractivity contribution in [3.63, 3.8) is 0 Å². The van der Waals surface area contributed by atoms with Crippen LogP contribution >= 0.6 is 11.3 Å². The van der Waals surface area contributed by atoms with Gasteiger partial charge in [-0.05, 0) is 53.3 Å². The maximum atomic E-state index is 6.32. The van der Waals surface area contributed by atoms with Gasteiger partial charge in [0.15, 0.2) is 0 Å². The van der Waals surface area contributed by atoms with Gasteiger partial charge in [0.1, 0.15) is 0 Å². The Labute approximate surface area is 147 Å². The van der Waals surface area contributed by atoms with E-state index in [4.69, 9.17) is 9.47 Å². The van der Waals surface area contributed by atoms with Gasteiger partial charge in [-0.2, -0.15) is 11.3 Å². The molecule has 0 radical (unpaired) electrons. The summed E-state index contributed by atoms with van der Waals surface area (Å²) < 4.78 is 12.2. The molecule has 4 nitrogen and oxygen atoms in total. The first-order chi connectivity index (χ1) is 11.9. The van der Waals surface area contributed by atoms with Crippen molar-refractivity contribution in [1.82, 2.24) is 9.88 Å². The number of thiophene rings is 1. The fraction of sp³-hybridized carbons (Fsp3) is 0.526. The van der Waals surface area contributed by atoms with Crippen LogP contribution in [0.4, 0.5) is 0 Å². The summed E-state index contributed by atoms with van der Waals surface area (Å²) in [4.78, 5) is 6.71. The molecule has 4 heterocycles. The van der Waals surface area contributed by atoms with Gasteiger partial charge in [-0.1, -0.05) is 6.07 Å². The zero-order valence-electron chi connectivity index (χ0n) is 13.8. The second kappa shape index (κ2) is 7.74. The number of hydrogen-bond acceptors (Lipinski definition) is 5. The van der Waals surface area contributed by atoms with Crippen molar-refractivity contribution in [2.24, 2.45) is 0 Å². The number of aromatic nitrogens is 1. The summed E-state index contributed by atoms with van der Waals surface area (Å²) in [5.41, 5.74) is 2.55. The van der Waals surface area contributed by atoms with E-state index >= 15 is 0 Å². The molecule has 4 rings (SSSR count). The molecule has 3 atom stereocenters. The van der Waals surface area contributed by atoms with Crippen molar-refractivity contribution < 1.29 is 9.47 Å². The molecule has 2 fully saturated rings. The van der Waals surface area contributed by atoms with Crippen LogP contribution < -0.4 is 0 Å². The molecule has 5 heteroatoms. The molecule has 0 aromatic carbocycles. The lowest BCUT2D eigenvalue weighted by Crippen LogP contribution is -2.43. The number of pyridine rings is 1. The molecule has 2 aromatic rings. The standard InChI is InChI=1S/C19H24N2O2S/c1-2-15(10-20-7-1)12-22-13-17-3-4-18-19(23-17)5-8-21(18)11-16-6-9-24-14-16/h1-2,6-7,9-10,14,17-19H,3-5,8,11-13H2/t17-,18-,19-/m0/s1. The Kier molecular flexibility index (Phi) is 5.23. The quantitative estimate of drug-likeness (QED) is 0.803. The third kappa shape index (κ3) is 3.86. The average molecular weight is 344 g/mol. The highest BCUT2D eigenvalue weighted by atomic mass is 32.1. The van der Waals surface area contributed by atoms with Gasteiger partial charge in [0.05, 0.1) is 25.4 Å². The summed E-state index contributed by atoms with van der Waals surface area (Å²) in [6, 6.07) is 6.81. The van der Waals surface area contributed by atoms with E-state index in [0.717, 1.165) is 31.5 Å². The molecular weight excluding hydrogens is 320 g/mol. The number of nitrogens with zero attached hydrogens (tertiary/aromatic N) is 2. The first kappa shape index (κ1) is 16.2. The molecule has 0 spiro atoms. The van der Waals surface area contributed by atoms with Crippen molar-refractivity contribution in [1.29, 1.82) is 0 Å². The third-order valence-electron chi connectivity index (χ3n) is 5.01. The number of rotatable bonds is 6. The van der Waals surface area contributed by atoms with Gasteiger partial charge in [0.2, 0.25) is 0 Å². The highest BCUT2D eigenvalue weighted by Gasteiger charge is 2.39. The van der Waals surface area contributed by atoms with Gasteiger partial charge in [-0.25, -0.2) is 0 Å². The van der Waals surface area contributed by atoms with E-state index in [0.29, 0.717) is 25.4 Å². The predicted octanol–water partition coefficient (Wildman–Crippen LogP) is 3.48. The van der Waals surface area contributed by atoms with Crippen LogP contribution in [0.5, 0.6) is 0 Å². The fourth-order valence-corrected chi connectivity index (χ4v) is 4.47. The third-order valence-corrected chi connectivity index (χ3v) is 5.74. The van der Waals surface area contributed by atoms with Crippen LogP contribution in [0.15, 0.2) is 41.4 Å². The lowest BCUT2D eigenvalue weighted by molar-refractivity contribution is -0.102. The first-order valence-electron chi connectivity index (χ1n) is 8.76. The molecule has 0 saturated carbocycles. The molecule has 2 aromatic heterocycles. The summed E-state index contributed by atoms with van der Waals surface area (Å²) in [7, 11) is 0. The number of ether oxygens (including phenoxy) is 2. The van der Waals surface area contributed by atoms with Gasteiger partial charge in [0.25, 0.3) is 0 Å². The van der Waals surface area contributed by atoms with Gasteiger partial charge >= 0.3 is 0 Å². The van der Waals surface area contributed by atoms with Gasteiger partial charge < -0.3 is 9.47 Å². The minimum atomic E-state index is 0.240. The SMILES string of the molecule is c1cncc(COC[C@@H]2CC[C@H]3[C@H](CCN3Cc3ccsc3)O2)c1. The Bertz CT molecular complexity index is 620. The zero-order valence-corrected chi connectivity index (χ0v) is 14.7. The maximum absolute atomic E-state index is 6.32. The van der Waals surface area contributed by atoms with Crippen LogP contribution in [0.2, 0.25) is 0 Å². The molecule has 2 aliphatic heterocycles.